The van der Waals surface area contributed by atoms with E-state index in [-0.39, 0.29) is 23.3 Å². The van der Waals surface area contributed by atoms with Crippen molar-refractivity contribution in [1.82, 2.24) is 4.90 Å². The van der Waals surface area contributed by atoms with Crippen LogP contribution in [0, 0.1) is 6.92 Å². The highest BCUT2D eigenvalue weighted by Crippen LogP contribution is 2.42. The van der Waals surface area contributed by atoms with Gasteiger partial charge in [-0.05, 0) is 41.7 Å². The molecule has 1 aliphatic rings. The average Bonchev–Trinajstić information content (AvgIpc) is 3.13. The second kappa shape index (κ2) is 10.1. The van der Waals surface area contributed by atoms with E-state index in [1.807, 2.05) is 61.5 Å². The summed E-state index contributed by atoms with van der Waals surface area (Å²) >= 11 is 0. The number of ketones is 1. The predicted octanol–water partition coefficient (Wildman–Crippen LogP) is 5.93. The Kier molecular flexibility index (Phi) is 7.12. The smallest absolute Gasteiger partial charge is 0.295 e. The summed E-state index contributed by atoms with van der Waals surface area (Å²) in [5.41, 5.74) is 3.84. The normalized spacial score (nSPS) is 17.2. The van der Waals surface area contributed by atoms with E-state index in [1.54, 1.807) is 19.2 Å². The lowest BCUT2D eigenvalue weighted by Gasteiger charge is -2.27. The number of para-hydroxylation sites is 1. The van der Waals surface area contributed by atoms with Crippen LogP contribution in [0.25, 0.3) is 5.76 Å². The molecule has 1 amide bonds. The first-order valence-corrected chi connectivity index (χ1v) is 12.2. The van der Waals surface area contributed by atoms with Crippen LogP contribution in [0.5, 0.6) is 11.5 Å². The number of methoxy groups -OCH3 is 2. The van der Waals surface area contributed by atoms with Crippen LogP contribution in [0.1, 0.15) is 54.6 Å². The lowest BCUT2D eigenvalue weighted by Crippen LogP contribution is -2.29. The van der Waals surface area contributed by atoms with Gasteiger partial charge in [0.05, 0.1) is 37.9 Å². The monoisotopic (exact) mass is 499 g/mol. The fourth-order valence-corrected chi connectivity index (χ4v) is 4.72. The highest BCUT2D eigenvalue weighted by atomic mass is 16.5. The maximum absolute atomic E-state index is 13.5. The molecule has 1 heterocycles. The number of aliphatic hydroxyl groups is 1. The molecule has 0 aliphatic carbocycles. The third kappa shape index (κ3) is 4.96. The Hall–Kier alpha value is -4.06. The number of rotatable bonds is 6. The number of hydrogen-bond donors (Lipinski definition) is 1. The van der Waals surface area contributed by atoms with Crippen molar-refractivity contribution in [1.29, 1.82) is 0 Å². The Balaban J connectivity index is 1.92. The van der Waals surface area contributed by atoms with Gasteiger partial charge >= 0.3 is 0 Å². The lowest BCUT2D eigenvalue weighted by atomic mass is 9.85. The zero-order chi connectivity index (χ0) is 26.9. The van der Waals surface area contributed by atoms with Crippen molar-refractivity contribution in [3.8, 4) is 11.5 Å². The number of hydrogen-bond acceptors (Lipinski definition) is 5. The molecular formula is C31H33NO5. The minimum absolute atomic E-state index is 0.0345. The number of nitrogens with zero attached hydrogens (tertiary/aromatic N) is 1. The summed E-state index contributed by atoms with van der Waals surface area (Å²) < 4.78 is 11.0. The average molecular weight is 500 g/mol. The van der Waals surface area contributed by atoms with Gasteiger partial charge in [0.25, 0.3) is 11.7 Å². The molecule has 1 fully saturated rings. The van der Waals surface area contributed by atoms with Crippen LogP contribution in [-0.2, 0) is 21.5 Å². The first-order chi connectivity index (χ1) is 17.6. The molecule has 0 spiro atoms. The zero-order valence-corrected chi connectivity index (χ0v) is 22.2. The van der Waals surface area contributed by atoms with E-state index < -0.39 is 17.7 Å². The minimum Gasteiger partial charge on any atom is -0.507 e. The summed E-state index contributed by atoms with van der Waals surface area (Å²) in [6.07, 6.45) is 0. The topological polar surface area (TPSA) is 76.1 Å². The van der Waals surface area contributed by atoms with Gasteiger partial charge in [-0.1, -0.05) is 74.9 Å². The first-order valence-electron chi connectivity index (χ1n) is 12.2. The van der Waals surface area contributed by atoms with Crippen molar-refractivity contribution in [2.24, 2.45) is 0 Å². The maximum atomic E-state index is 13.5. The van der Waals surface area contributed by atoms with Gasteiger partial charge in [0.15, 0.2) is 0 Å². The largest absolute Gasteiger partial charge is 0.507 e. The summed E-state index contributed by atoms with van der Waals surface area (Å²) in [5.74, 6) is -0.636. The molecule has 6 nitrogen and oxygen atoms in total. The molecule has 0 bridgehead atoms. The zero-order valence-electron chi connectivity index (χ0n) is 22.2. The number of likely N-dealkylation sites (tertiary alicyclic amines) is 1. The summed E-state index contributed by atoms with van der Waals surface area (Å²) in [4.78, 5) is 28.4. The molecule has 37 heavy (non-hydrogen) atoms. The second-order valence-electron chi connectivity index (χ2n) is 10.3. The van der Waals surface area contributed by atoms with Gasteiger partial charge in [0.2, 0.25) is 0 Å². The Bertz CT molecular complexity index is 1370. The maximum Gasteiger partial charge on any atom is 0.295 e. The quantitative estimate of drug-likeness (QED) is 0.258. The standard InChI is InChI=1S/C31H33NO5/c1-19-11-16-25(37-6)23(17-19)28(33)26-27(20-12-14-22(15-13-20)31(2,3)4)32(30(35)29(26)34)18-21-9-7-8-10-24(21)36-5/h7-17,27,33H,18H2,1-6H3/b28-26+. The lowest BCUT2D eigenvalue weighted by molar-refractivity contribution is -0.140. The van der Waals surface area contributed by atoms with Gasteiger partial charge in [-0.15, -0.1) is 0 Å². The minimum atomic E-state index is -0.788. The highest BCUT2D eigenvalue weighted by Gasteiger charge is 2.46. The first kappa shape index (κ1) is 26.0. The Morgan fingerprint density at radius 2 is 1.57 bits per heavy atom. The summed E-state index contributed by atoms with van der Waals surface area (Å²) in [6.45, 7) is 8.40. The van der Waals surface area contributed by atoms with Crippen LogP contribution >= 0.6 is 0 Å². The van der Waals surface area contributed by atoms with Gasteiger partial charge < -0.3 is 19.5 Å². The Morgan fingerprint density at radius 3 is 2.19 bits per heavy atom. The van der Waals surface area contributed by atoms with Crippen molar-refractivity contribution in [2.75, 3.05) is 14.2 Å². The van der Waals surface area contributed by atoms with E-state index in [4.69, 9.17) is 9.47 Å². The van der Waals surface area contributed by atoms with Crippen LogP contribution in [-0.4, -0.2) is 35.9 Å². The van der Waals surface area contributed by atoms with Crippen molar-refractivity contribution < 1.29 is 24.2 Å². The fourth-order valence-electron chi connectivity index (χ4n) is 4.72. The fraction of sp³-hybridized carbons (Fsp3) is 0.290. The highest BCUT2D eigenvalue weighted by molar-refractivity contribution is 6.46. The molecule has 1 atom stereocenters. The molecule has 1 unspecified atom stereocenters. The molecule has 6 heteroatoms. The van der Waals surface area contributed by atoms with E-state index >= 15 is 0 Å². The predicted molar refractivity (Wildman–Crippen MR) is 144 cm³/mol. The van der Waals surface area contributed by atoms with Crippen LogP contribution < -0.4 is 9.47 Å². The Labute approximate surface area is 218 Å². The van der Waals surface area contributed by atoms with Gasteiger partial charge in [-0.25, -0.2) is 0 Å². The van der Waals surface area contributed by atoms with E-state index in [1.165, 1.54) is 12.0 Å². The van der Waals surface area contributed by atoms with E-state index in [0.29, 0.717) is 17.1 Å². The molecule has 3 aromatic rings. The number of ether oxygens (including phenoxy) is 2. The van der Waals surface area contributed by atoms with E-state index in [0.717, 1.165) is 22.3 Å². The summed E-state index contributed by atoms with van der Waals surface area (Å²) in [5, 5.41) is 11.5. The molecule has 1 saturated heterocycles. The van der Waals surface area contributed by atoms with Crippen molar-refractivity contribution in [3.05, 3.63) is 100 Å². The van der Waals surface area contributed by atoms with Crippen molar-refractivity contribution >= 4 is 17.4 Å². The number of amides is 1. The molecule has 3 aromatic carbocycles. The van der Waals surface area contributed by atoms with Gasteiger partial charge in [-0.3, -0.25) is 9.59 Å². The summed E-state index contributed by atoms with van der Waals surface area (Å²) in [7, 11) is 3.07. The van der Waals surface area contributed by atoms with Gasteiger partial charge in [0, 0.05) is 5.56 Å². The van der Waals surface area contributed by atoms with E-state index in [2.05, 4.69) is 20.8 Å². The third-order valence-electron chi connectivity index (χ3n) is 6.78. The van der Waals surface area contributed by atoms with Crippen molar-refractivity contribution in [2.45, 2.75) is 45.7 Å². The number of aryl methyl sites for hydroxylation is 1. The number of Topliss-reactive ketones (excluding diaryl/α,β-unsaturated/α-hetero) is 1. The number of aliphatic hydroxyl groups excluding tert-OH is 1. The molecule has 0 saturated carbocycles. The van der Waals surface area contributed by atoms with Crippen molar-refractivity contribution in [3.63, 3.8) is 0 Å². The molecule has 0 aromatic heterocycles. The Morgan fingerprint density at radius 1 is 0.919 bits per heavy atom. The molecule has 1 N–H and O–H groups in total. The van der Waals surface area contributed by atoms with Crippen LogP contribution in [0.4, 0.5) is 0 Å². The third-order valence-corrected chi connectivity index (χ3v) is 6.78. The summed E-state index contributed by atoms with van der Waals surface area (Å²) in [6, 6.07) is 19.8. The number of carbonyl (C=O) groups is 2. The number of carbonyl (C=O) groups excluding carboxylic acids is 2. The second-order valence-corrected chi connectivity index (χ2v) is 10.3. The molecule has 0 radical (unpaired) electrons. The molecule has 192 valence electrons. The van der Waals surface area contributed by atoms with E-state index in [9.17, 15) is 14.7 Å². The molecular weight excluding hydrogens is 466 g/mol. The molecule has 1 aliphatic heterocycles. The number of benzene rings is 3. The molecule has 4 rings (SSSR count). The SMILES string of the molecule is COc1ccccc1CN1C(=O)C(=O)/C(=C(/O)c2cc(C)ccc2OC)C1c1ccc(C(C)(C)C)cc1. The van der Waals surface area contributed by atoms with Gasteiger partial charge in [0.1, 0.15) is 17.3 Å². The van der Waals surface area contributed by atoms with Gasteiger partial charge in [-0.2, -0.15) is 0 Å². The van der Waals surface area contributed by atoms with Crippen LogP contribution in [0.3, 0.4) is 0 Å². The van der Waals surface area contributed by atoms with Crippen LogP contribution in [0.15, 0.2) is 72.3 Å². The van der Waals surface area contributed by atoms with Crippen LogP contribution in [0.2, 0.25) is 0 Å².